The summed E-state index contributed by atoms with van der Waals surface area (Å²) in [6, 6.07) is 0.433. The van der Waals surface area contributed by atoms with Crippen molar-refractivity contribution in [2.24, 2.45) is 0 Å². The Bertz CT molecular complexity index is 298. The van der Waals surface area contributed by atoms with E-state index in [1.54, 1.807) is 11.3 Å². The standard InChI is InChI=1S/C11H19N3OS/c1-9(2)12-6-4-11(15)13-5-3-10-7-16-8-14-10/h7-9,12H,3-6H2,1-2H3,(H,13,15). The van der Waals surface area contributed by atoms with Gasteiger partial charge < -0.3 is 10.6 Å². The van der Waals surface area contributed by atoms with Gasteiger partial charge in [0.2, 0.25) is 5.91 Å². The average Bonchev–Trinajstić information content (AvgIpc) is 2.70. The van der Waals surface area contributed by atoms with E-state index in [0.717, 1.165) is 18.7 Å². The molecule has 0 radical (unpaired) electrons. The van der Waals surface area contributed by atoms with Crippen molar-refractivity contribution in [1.29, 1.82) is 0 Å². The monoisotopic (exact) mass is 241 g/mol. The van der Waals surface area contributed by atoms with Crippen molar-refractivity contribution < 1.29 is 4.79 Å². The summed E-state index contributed by atoms with van der Waals surface area (Å²) in [6.45, 7) is 5.55. The minimum absolute atomic E-state index is 0.100. The molecule has 4 nitrogen and oxygen atoms in total. The molecule has 1 aromatic rings. The fraction of sp³-hybridized carbons (Fsp3) is 0.636. The van der Waals surface area contributed by atoms with Crippen LogP contribution in [0.4, 0.5) is 0 Å². The number of carbonyl (C=O) groups excluding carboxylic acids is 1. The lowest BCUT2D eigenvalue weighted by Crippen LogP contribution is -2.31. The lowest BCUT2D eigenvalue weighted by atomic mass is 10.3. The highest BCUT2D eigenvalue weighted by Crippen LogP contribution is 2.00. The number of rotatable bonds is 7. The topological polar surface area (TPSA) is 54.0 Å². The molecule has 1 amide bonds. The maximum absolute atomic E-state index is 11.4. The van der Waals surface area contributed by atoms with Crippen LogP contribution >= 0.6 is 11.3 Å². The Kier molecular flexibility index (Phi) is 6.03. The summed E-state index contributed by atoms with van der Waals surface area (Å²) in [6.07, 6.45) is 1.35. The number of aromatic nitrogens is 1. The number of nitrogens with zero attached hydrogens (tertiary/aromatic N) is 1. The quantitative estimate of drug-likeness (QED) is 0.754. The van der Waals surface area contributed by atoms with Gasteiger partial charge in [0.15, 0.2) is 0 Å². The first-order valence-electron chi connectivity index (χ1n) is 5.55. The molecule has 0 aliphatic rings. The molecule has 0 aliphatic heterocycles. The van der Waals surface area contributed by atoms with Crippen molar-refractivity contribution >= 4 is 17.2 Å². The predicted molar refractivity (Wildman–Crippen MR) is 66.6 cm³/mol. The highest BCUT2D eigenvalue weighted by molar-refractivity contribution is 7.07. The van der Waals surface area contributed by atoms with E-state index < -0.39 is 0 Å². The molecular formula is C11H19N3OS. The molecule has 0 saturated heterocycles. The van der Waals surface area contributed by atoms with E-state index in [-0.39, 0.29) is 5.91 Å². The number of hydrogen-bond donors (Lipinski definition) is 2. The maximum atomic E-state index is 11.4. The molecule has 5 heteroatoms. The predicted octanol–water partition coefficient (Wildman–Crippen LogP) is 1.19. The molecule has 16 heavy (non-hydrogen) atoms. The van der Waals surface area contributed by atoms with Crippen LogP contribution in [0.15, 0.2) is 10.9 Å². The third-order valence-electron chi connectivity index (χ3n) is 2.09. The van der Waals surface area contributed by atoms with Gasteiger partial charge in [-0.3, -0.25) is 4.79 Å². The first kappa shape index (κ1) is 13.1. The summed E-state index contributed by atoms with van der Waals surface area (Å²) >= 11 is 1.58. The van der Waals surface area contributed by atoms with Gasteiger partial charge in [0.1, 0.15) is 0 Å². The average molecular weight is 241 g/mol. The second-order valence-corrected chi connectivity index (χ2v) is 4.66. The molecule has 0 spiro atoms. The molecule has 0 saturated carbocycles. The van der Waals surface area contributed by atoms with Crippen LogP contribution in [-0.2, 0) is 11.2 Å². The molecule has 2 N–H and O–H groups in total. The Labute approximate surface area is 100 Å². The van der Waals surface area contributed by atoms with Gasteiger partial charge in [0.05, 0.1) is 11.2 Å². The van der Waals surface area contributed by atoms with Gasteiger partial charge in [-0.2, -0.15) is 0 Å². The first-order chi connectivity index (χ1) is 7.68. The molecular weight excluding hydrogens is 222 g/mol. The molecule has 0 unspecified atom stereocenters. The minimum atomic E-state index is 0.100. The number of hydrogen-bond acceptors (Lipinski definition) is 4. The zero-order valence-electron chi connectivity index (χ0n) is 9.82. The number of thiazole rings is 1. The van der Waals surface area contributed by atoms with Gasteiger partial charge >= 0.3 is 0 Å². The molecule has 0 atom stereocenters. The highest BCUT2D eigenvalue weighted by atomic mass is 32.1. The zero-order valence-corrected chi connectivity index (χ0v) is 10.6. The first-order valence-corrected chi connectivity index (χ1v) is 6.50. The molecule has 1 heterocycles. The van der Waals surface area contributed by atoms with Crippen molar-refractivity contribution in [3.8, 4) is 0 Å². The van der Waals surface area contributed by atoms with Gasteiger partial charge in [-0.05, 0) is 0 Å². The molecule has 90 valence electrons. The molecule has 0 fully saturated rings. The van der Waals surface area contributed by atoms with Crippen molar-refractivity contribution in [3.63, 3.8) is 0 Å². The van der Waals surface area contributed by atoms with E-state index in [1.165, 1.54) is 0 Å². The highest BCUT2D eigenvalue weighted by Gasteiger charge is 2.01. The third-order valence-corrected chi connectivity index (χ3v) is 2.73. The van der Waals surface area contributed by atoms with Crippen LogP contribution in [0.1, 0.15) is 26.0 Å². The smallest absolute Gasteiger partial charge is 0.221 e. The van der Waals surface area contributed by atoms with Crippen LogP contribution in [0.5, 0.6) is 0 Å². The van der Waals surface area contributed by atoms with Crippen LogP contribution < -0.4 is 10.6 Å². The van der Waals surface area contributed by atoms with E-state index >= 15 is 0 Å². The van der Waals surface area contributed by atoms with E-state index in [0.29, 0.717) is 19.0 Å². The second-order valence-electron chi connectivity index (χ2n) is 3.94. The van der Waals surface area contributed by atoms with Crippen LogP contribution in [0.25, 0.3) is 0 Å². The molecule has 1 aromatic heterocycles. The van der Waals surface area contributed by atoms with Gasteiger partial charge in [-0.1, -0.05) is 13.8 Å². The van der Waals surface area contributed by atoms with Crippen LogP contribution in [0.2, 0.25) is 0 Å². The Morgan fingerprint density at radius 2 is 2.31 bits per heavy atom. The van der Waals surface area contributed by atoms with Crippen LogP contribution in [0, 0.1) is 0 Å². The lowest BCUT2D eigenvalue weighted by Gasteiger charge is -2.07. The lowest BCUT2D eigenvalue weighted by molar-refractivity contribution is -0.120. The van der Waals surface area contributed by atoms with Crippen molar-refractivity contribution in [1.82, 2.24) is 15.6 Å². The second kappa shape index (κ2) is 7.35. The minimum Gasteiger partial charge on any atom is -0.356 e. The fourth-order valence-electron chi connectivity index (χ4n) is 1.25. The summed E-state index contributed by atoms with van der Waals surface area (Å²) in [5.41, 5.74) is 2.86. The molecule has 0 bridgehead atoms. The van der Waals surface area contributed by atoms with Gasteiger partial charge in [-0.15, -0.1) is 11.3 Å². The molecule has 0 aromatic carbocycles. The van der Waals surface area contributed by atoms with Gasteiger partial charge in [-0.25, -0.2) is 4.98 Å². The number of nitrogens with one attached hydrogen (secondary N) is 2. The van der Waals surface area contributed by atoms with E-state index in [1.807, 2.05) is 10.9 Å². The Morgan fingerprint density at radius 1 is 1.50 bits per heavy atom. The largest absolute Gasteiger partial charge is 0.356 e. The summed E-state index contributed by atoms with van der Waals surface area (Å²) in [5.74, 6) is 0.100. The van der Waals surface area contributed by atoms with Gasteiger partial charge in [0, 0.05) is 37.4 Å². The normalized spacial score (nSPS) is 10.7. The van der Waals surface area contributed by atoms with Crippen molar-refractivity contribution in [2.45, 2.75) is 32.7 Å². The van der Waals surface area contributed by atoms with Gasteiger partial charge in [0.25, 0.3) is 0 Å². The fourth-order valence-corrected chi connectivity index (χ4v) is 1.85. The number of amides is 1. The molecule has 1 rings (SSSR count). The molecule has 0 aliphatic carbocycles. The van der Waals surface area contributed by atoms with E-state index in [9.17, 15) is 4.79 Å². The zero-order chi connectivity index (χ0) is 11.8. The summed E-state index contributed by atoms with van der Waals surface area (Å²) < 4.78 is 0. The van der Waals surface area contributed by atoms with Crippen molar-refractivity contribution in [3.05, 3.63) is 16.6 Å². The Balaban J connectivity index is 2.02. The number of carbonyl (C=O) groups is 1. The van der Waals surface area contributed by atoms with E-state index in [4.69, 9.17) is 0 Å². The van der Waals surface area contributed by atoms with Crippen LogP contribution in [0.3, 0.4) is 0 Å². The Hall–Kier alpha value is -0.940. The summed E-state index contributed by atoms with van der Waals surface area (Å²) in [5, 5.41) is 8.10. The SMILES string of the molecule is CC(C)NCCC(=O)NCCc1cscn1. The van der Waals surface area contributed by atoms with Crippen LogP contribution in [-0.4, -0.2) is 30.0 Å². The third kappa shape index (κ3) is 5.82. The maximum Gasteiger partial charge on any atom is 0.221 e. The summed E-state index contributed by atoms with van der Waals surface area (Å²) in [4.78, 5) is 15.5. The van der Waals surface area contributed by atoms with Crippen molar-refractivity contribution in [2.75, 3.05) is 13.1 Å². The summed E-state index contributed by atoms with van der Waals surface area (Å²) in [7, 11) is 0. The Morgan fingerprint density at radius 3 is 2.94 bits per heavy atom. The van der Waals surface area contributed by atoms with E-state index in [2.05, 4.69) is 29.5 Å².